The van der Waals surface area contributed by atoms with E-state index in [0.29, 0.717) is 11.3 Å². The molecule has 0 aliphatic carbocycles. The summed E-state index contributed by atoms with van der Waals surface area (Å²) >= 11 is 0. The van der Waals surface area contributed by atoms with E-state index in [-0.39, 0.29) is 0 Å². The summed E-state index contributed by atoms with van der Waals surface area (Å²) in [6.07, 6.45) is 2.07. The lowest BCUT2D eigenvalue weighted by Crippen LogP contribution is -2.41. The Hall–Kier alpha value is -3.24. The standard InChI is InChI=1S/C22H19F3N4O2S/c1-21(2,28-32(30,31)19-9-4-3-8-18(19)22(23,24)25)17-7-5-6-15(12-17)16-13-27-20-26-10-11-29(20)14-16/h3-14,28H,1-2H3. The van der Waals surface area contributed by atoms with Crippen LogP contribution in [0.1, 0.15) is 25.0 Å². The quantitative estimate of drug-likeness (QED) is 0.471. The van der Waals surface area contributed by atoms with E-state index in [9.17, 15) is 21.6 Å². The number of benzene rings is 2. The van der Waals surface area contributed by atoms with Gasteiger partial charge in [0.2, 0.25) is 15.8 Å². The molecule has 4 rings (SSSR count). The summed E-state index contributed by atoms with van der Waals surface area (Å²) in [6, 6.07) is 11.2. The van der Waals surface area contributed by atoms with Crippen LogP contribution in [0.15, 0.2) is 78.2 Å². The van der Waals surface area contributed by atoms with E-state index in [4.69, 9.17) is 0 Å². The van der Waals surface area contributed by atoms with Crippen LogP contribution in [0.5, 0.6) is 0 Å². The maximum absolute atomic E-state index is 13.4. The van der Waals surface area contributed by atoms with Crippen molar-refractivity contribution < 1.29 is 21.6 Å². The van der Waals surface area contributed by atoms with Crippen LogP contribution in [0, 0.1) is 0 Å². The average Bonchev–Trinajstić information content (AvgIpc) is 3.20. The number of aromatic nitrogens is 3. The van der Waals surface area contributed by atoms with Crippen molar-refractivity contribution >= 4 is 15.8 Å². The van der Waals surface area contributed by atoms with Crippen molar-refractivity contribution in [1.82, 2.24) is 19.1 Å². The Morgan fingerprint density at radius 2 is 1.72 bits per heavy atom. The monoisotopic (exact) mass is 460 g/mol. The molecule has 0 aliphatic heterocycles. The van der Waals surface area contributed by atoms with Crippen molar-refractivity contribution in [2.24, 2.45) is 0 Å². The summed E-state index contributed by atoms with van der Waals surface area (Å²) < 4.78 is 70.1. The van der Waals surface area contributed by atoms with Crippen LogP contribution in [0.25, 0.3) is 16.9 Å². The predicted octanol–water partition coefficient (Wildman–Crippen LogP) is 4.63. The number of halogens is 3. The normalized spacial score (nSPS) is 12.9. The lowest BCUT2D eigenvalue weighted by atomic mass is 9.93. The fraction of sp³-hybridized carbons (Fsp3) is 0.182. The molecule has 0 unspecified atom stereocenters. The van der Waals surface area contributed by atoms with Crippen molar-refractivity contribution in [2.45, 2.75) is 30.5 Å². The largest absolute Gasteiger partial charge is 0.417 e. The Labute approximate surface area is 182 Å². The summed E-state index contributed by atoms with van der Waals surface area (Å²) in [6.45, 7) is 3.19. The highest BCUT2D eigenvalue weighted by Gasteiger charge is 2.38. The Kier molecular flexibility index (Phi) is 5.30. The van der Waals surface area contributed by atoms with Crippen molar-refractivity contribution in [1.29, 1.82) is 0 Å². The maximum atomic E-state index is 13.4. The third-order valence-electron chi connectivity index (χ3n) is 5.03. The van der Waals surface area contributed by atoms with Crippen molar-refractivity contribution in [3.8, 4) is 11.1 Å². The lowest BCUT2D eigenvalue weighted by Gasteiger charge is -2.28. The molecule has 32 heavy (non-hydrogen) atoms. The van der Waals surface area contributed by atoms with Gasteiger partial charge < -0.3 is 0 Å². The molecular formula is C22H19F3N4O2S. The van der Waals surface area contributed by atoms with E-state index in [2.05, 4.69) is 14.7 Å². The second-order valence-corrected chi connectivity index (χ2v) is 9.43. The number of alkyl halides is 3. The molecule has 0 atom stereocenters. The highest BCUT2D eigenvalue weighted by Crippen LogP contribution is 2.35. The second kappa shape index (κ2) is 7.72. The average molecular weight is 460 g/mol. The summed E-state index contributed by atoms with van der Waals surface area (Å²) in [5.41, 5.74) is -0.280. The first-order valence-electron chi connectivity index (χ1n) is 9.57. The number of hydrogen-bond acceptors (Lipinski definition) is 4. The molecule has 2 aromatic heterocycles. The summed E-state index contributed by atoms with van der Waals surface area (Å²) in [5, 5.41) is 0. The van der Waals surface area contributed by atoms with E-state index in [1.807, 2.05) is 12.3 Å². The molecule has 4 aromatic rings. The number of hydrogen-bond donors (Lipinski definition) is 1. The molecular weight excluding hydrogens is 441 g/mol. The first kappa shape index (κ1) is 22.0. The van der Waals surface area contributed by atoms with E-state index < -0.39 is 32.2 Å². The molecule has 0 amide bonds. The van der Waals surface area contributed by atoms with Gasteiger partial charge in [0.25, 0.3) is 0 Å². The van der Waals surface area contributed by atoms with Gasteiger partial charge in [0.1, 0.15) is 0 Å². The van der Waals surface area contributed by atoms with Gasteiger partial charge in [-0.1, -0.05) is 30.3 Å². The van der Waals surface area contributed by atoms with Gasteiger partial charge in [-0.3, -0.25) is 4.40 Å². The second-order valence-electron chi connectivity index (χ2n) is 7.78. The molecule has 2 heterocycles. The molecule has 6 nitrogen and oxygen atoms in total. The summed E-state index contributed by atoms with van der Waals surface area (Å²) in [5.74, 6) is 0.543. The van der Waals surface area contributed by atoms with Gasteiger partial charge in [-0.05, 0) is 43.2 Å². The van der Waals surface area contributed by atoms with Crippen LogP contribution >= 0.6 is 0 Å². The highest BCUT2D eigenvalue weighted by molar-refractivity contribution is 7.89. The zero-order chi connectivity index (χ0) is 23.1. The lowest BCUT2D eigenvalue weighted by molar-refractivity contribution is -0.139. The van der Waals surface area contributed by atoms with Crippen molar-refractivity contribution in [3.63, 3.8) is 0 Å². The van der Waals surface area contributed by atoms with Crippen LogP contribution < -0.4 is 4.72 Å². The number of nitrogens with one attached hydrogen (secondary N) is 1. The van der Waals surface area contributed by atoms with Crippen LogP contribution in [-0.4, -0.2) is 22.8 Å². The number of rotatable bonds is 5. The number of imidazole rings is 1. The van der Waals surface area contributed by atoms with Crippen LogP contribution in [0.2, 0.25) is 0 Å². The van der Waals surface area contributed by atoms with E-state index in [1.54, 1.807) is 55.0 Å². The minimum Gasteiger partial charge on any atom is -0.291 e. The molecule has 0 saturated heterocycles. The third kappa shape index (κ3) is 4.23. The van der Waals surface area contributed by atoms with Crippen molar-refractivity contribution in [3.05, 3.63) is 84.4 Å². The Morgan fingerprint density at radius 3 is 2.47 bits per heavy atom. The van der Waals surface area contributed by atoms with E-state index in [1.165, 1.54) is 6.07 Å². The van der Waals surface area contributed by atoms with Gasteiger partial charge in [0, 0.05) is 30.4 Å². The topological polar surface area (TPSA) is 76.4 Å². The zero-order valence-electron chi connectivity index (χ0n) is 17.1. The Bertz CT molecular complexity index is 1400. The molecule has 0 bridgehead atoms. The minimum absolute atomic E-state index is 0.543. The maximum Gasteiger partial charge on any atom is 0.417 e. The third-order valence-corrected chi connectivity index (χ3v) is 6.75. The molecule has 2 aromatic carbocycles. The number of sulfonamides is 1. The fourth-order valence-electron chi connectivity index (χ4n) is 3.44. The minimum atomic E-state index is -4.80. The zero-order valence-corrected chi connectivity index (χ0v) is 17.9. The SMILES string of the molecule is CC(C)(NS(=O)(=O)c1ccccc1C(F)(F)F)c1cccc(-c2cnc3nccn3c2)c1. The molecule has 1 N–H and O–H groups in total. The molecule has 0 radical (unpaired) electrons. The van der Waals surface area contributed by atoms with Crippen LogP contribution in [-0.2, 0) is 21.7 Å². The molecule has 0 saturated carbocycles. The first-order valence-corrected chi connectivity index (χ1v) is 11.1. The van der Waals surface area contributed by atoms with Gasteiger partial charge in [-0.25, -0.2) is 23.1 Å². The summed E-state index contributed by atoms with van der Waals surface area (Å²) in [7, 11) is -4.47. The van der Waals surface area contributed by atoms with E-state index >= 15 is 0 Å². The molecule has 0 spiro atoms. The summed E-state index contributed by atoms with van der Waals surface area (Å²) in [4.78, 5) is 7.56. The molecule has 0 fully saturated rings. The van der Waals surface area contributed by atoms with Gasteiger partial charge in [-0.2, -0.15) is 13.2 Å². The van der Waals surface area contributed by atoms with Gasteiger partial charge in [-0.15, -0.1) is 0 Å². The van der Waals surface area contributed by atoms with Crippen LogP contribution in [0.4, 0.5) is 13.2 Å². The smallest absolute Gasteiger partial charge is 0.291 e. The number of fused-ring (bicyclic) bond motifs is 1. The van der Waals surface area contributed by atoms with Gasteiger partial charge in [0.05, 0.1) is 16.0 Å². The van der Waals surface area contributed by atoms with Crippen molar-refractivity contribution in [2.75, 3.05) is 0 Å². The van der Waals surface area contributed by atoms with Crippen LogP contribution in [0.3, 0.4) is 0 Å². The highest BCUT2D eigenvalue weighted by atomic mass is 32.2. The predicted molar refractivity (Wildman–Crippen MR) is 113 cm³/mol. The molecule has 166 valence electrons. The first-order chi connectivity index (χ1) is 15.0. The van der Waals surface area contributed by atoms with E-state index in [0.717, 1.165) is 29.3 Å². The Balaban J connectivity index is 1.69. The molecule has 10 heteroatoms. The number of nitrogens with zero attached hydrogens (tertiary/aromatic N) is 3. The Morgan fingerprint density at radius 1 is 0.969 bits per heavy atom. The van der Waals surface area contributed by atoms with Gasteiger partial charge >= 0.3 is 6.18 Å². The van der Waals surface area contributed by atoms with Gasteiger partial charge in [0.15, 0.2) is 0 Å². The fourth-order valence-corrected chi connectivity index (χ4v) is 5.07. The molecule has 0 aliphatic rings.